The Labute approximate surface area is 301 Å². The first-order valence-electron chi connectivity index (χ1n) is 17.9. The molecule has 0 saturated carbocycles. The number of nitriles is 1. The number of hydrogen-bond donors (Lipinski definition) is 0. The van der Waals surface area contributed by atoms with Gasteiger partial charge in [-0.25, -0.2) is 4.79 Å². The Hall–Kier alpha value is -3.21. The van der Waals surface area contributed by atoms with E-state index >= 15 is 0 Å². The predicted octanol–water partition coefficient (Wildman–Crippen LogP) is 8.48. The highest BCUT2D eigenvalue weighted by molar-refractivity contribution is 7.19. The molecule has 1 unspecified atom stereocenters. The van der Waals surface area contributed by atoms with Crippen LogP contribution in [0.1, 0.15) is 77.7 Å². The number of thiophene rings is 1. The highest BCUT2D eigenvalue weighted by Gasteiger charge is 2.43. The number of amides is 1. The lowest BCUT2D eigenvalue weighted by Gasteiger charge is -2.37. The maximum Gasteiger partial charge on any atom is 0.410 e. The summed E-state index contributed by atoms with van der Waals surface area (Å²) < 4.78 is 31.9. The number of aromatic nitrogens is 1. The Morgan fingerprint density at radius 3 is 2.62 bits per heavy atom. The first-order chi connectivity index (χ1) is 23.6. The zero-order valence-corrected chi connectivity index (χ0v) is 32.7. The van der Waals surface area contributed by atoms with E-state index in [-0.39, 0.29) is 29.5 Å². The third kappa shape index (κ3) is 7.97. The number of nitrogens with zero attached hydrogens (tertiary/aromatic N) is 4. The third-order valence-electron chi connectivity index (χ3n) is 10.3. The molecule has 0 radical (unpaired) electrons. The lowest BCUT2D eigenvalue weighted by atomic mass is 9.97. The van der Waals surface area contributed by atoms with Crippen molar-refractivity contribution in [2.75, 3.05) is 37.8 Å². The summed E-state index contributed by atoms with van der Waals surface area (Å²) in [5, 5.41) is 10.2. The molecule has 1 amide bonds. The van der Waals surface area contributed by atoms with Crippen molar-refractivity contribution in [3.05, 3.63) is 40.9 Å². The minimum atomic E-state index is -1.95. The lowest BCUT2D eigenvalue weighted by molar-refractivity contribution is -0.168. The van der Waals surface area contributed by atoms with E-state index in [2.05, 4.69) is 50.9 Å². The van der Waals surface area contributed by atoms with E-state index in [0.717, 1.165) is 51.2 Å². The van der Waals surface area contributed by atoms with Crippen LogP contribution in [0.15, 0.2) is 30.5 Å². The topological polar surface area (TPSA) is 106 Å². The van der Waals surface area contributed by atoms with Crippen LogP contribution in [0.5, 0.6) is 5.75 Å². The quantitative estimate of drug-likeness (QED) is 0.212. The average molecular weight is 721 g/mol. The molecule has 2 saturated heterocycles. The van der Waals surface area contributed by atoms with Crippen LogP contribution < -0.4 is 9.64 Å². The molecule has 50 heavy (non-hydrogen) atoms. The van der Waals surface area contributed by atoms with Crippen LogP contribution in [0, 0.1) is 11.3 Å². The van der Waals surface area contributed by atoms with Gasteiger partial charge in [-0.1, -0.05) is 20.8 Å². The smallest absolute Gasteiger partial charge is 0.410 e. The normalized spacial score (nSPS) is 21.5. The fourth-order valence-electron chi connectivity index (χ4n) is 6.63. The van der Waals surface area contributed by atoms with Gasteiger partial charge in [0.05, 0.1) is 53.3 Å². The second-order valence-electron chi connectivity index (χ2n) is 16.2. The van der Waals surface area contributed by atoms with Crippen molar-refractivity contribution >= 4 is 41.7 Å². The van der Waals surface area contributed by atoms with Gasteiger partial charge in [0.25, 0.3) is 0 Å². The summed E-state index contributed by atoms with van der Waals surface area (Å²) in [6, 6.07) is 10.1. The fraction of sp³-hybridized carbons (Fsp3) is 0.605. The van der Waals surface area contributed by atoms with Crippen LogP contribution in [-0.2, 0) is 25.2 Å². The minimum Gasteiger partial charge on any atom is -0.489 e. The van der Waals surface area contributed by atoms with Crippen LogP contribution in [0.2, 0.25) is 18.1 Å². The first kappa shape index (κ1) is 36.6. The summed E-state index contributed by atoms with van der Waals surface area (Å²) in [5.74, 6) is 0.674. The number of carbonyl (C=O) groups is 1. The van der Waals surface area contributed by atoms with Crippen molar-refractivity contribution in [1.82, 2.24) is 9.88 Å². The molecule has 5 heterocycles. The molecule has 3 aliphatic rings. The van der Waals surface area contributed by atoms with Gasteiger partial charge in [0.1, 0.15) is 18.0 Å². The van der Waals surface area contributed by atoms with Crippen molar-refractivity contribution in [3.8, 4) is 22.9 Å². The molecular formula is C38H52N4O6SSi. The lowest BCUT2D eigenvalue weighted by Crippen LogP contribution is -2.45. The highest BCUT2D eigenvalue weighted by Crippen LogP contribution is 2.47. The summed E-state index contributed by atoms with van der Waals surface area (Å²) in [6.07, 6.45) is 4.92. The van der Waals surface area contributed by atoms with E-state index in [4.69, 9.17) is 28.4 Å². The number of likely N-dealkylation sites (tertiary alicyclic amines) is 1. The van der Waals surface area contributed by atoms with Crippen LogP contribution >= 0.6 is 11.3 Å². The molecule has 0 bridgehead atoms. The SMILES string of the molecule is CC(C)(C)OC(=O)N1C[C@@H](N2CCOc3cc(C#N)cc(-c4ccnc5cc(CO[Si](C)(C)C(C)(C)C)sc45)c32)C[C@@H]1COC1CCCCO1. The molecule has 3 atom stereocenters. The molecular weight excluding hydrogens is 669 g/mol. The van der Waals surface area contributed by atoms with E-state index in [1.807, 2.05) is 50.1 Å². The zero-order chi connectivity index (χ0) is 35.8. The minimum absolute atomic E-state index is 0.0214. The summed E-state index contributed by atoms with van der Waals surface area (Å²) in [5.41, 5.74) is 3.66. The Balaban J connectivity index is 1.34. The summed E-state index contributed by atoms with van der Waals surface area (Å²) in [6.45, 7) is 20.2. The molecule has 3 aromatic rings. The number of fused-ring (bicyclic) bond motifs is 2. The van der Waals surface area contributed by atoms with Crippen LogP contribution in [0.4, 0.5) is 10.5 Å². The number of pyridine rings is 1. The van der Waals surface area contributed by atoms with Gasteiger partial charge in [-0.3, -0.25) is 4.98 Å². The van der Waals surface area contributed by atoms with E-state index in [1.165, 1.54) is 0 Å². The molecule has 6 rings (SSSR count). The second kappa shape index (κ2) is 14.4. The summed E-state index contributed by atoms with van der Waals surface area (Å²) in [7, 11) is -1.95. The molecule has 0 spiro atoms. The van der Waals surface area contributed by atoms with Crippen molar-refractivity contribution in [3.63, 3.8) is 0 Å². The highest BCUT2D eigenvalue weighted by atomic mass is 32.1. The number of rotatable bonds is 8. The molecule has 3 aliphatic heterocycles. The van der Waals surface area contributed by atoms with Gasteiger partial charge >= 0.3 is 6.09 Å². The van der Waals surface area contributed by atoms with E-state index in [0.29, 0.717) is 57.3 Å². The molecule has 0 N–H and O–H groups in total. The third-order valence-corrected chi connectivity index (χ3v) is 15.9. The number of anilines is 1. The van der Waals surface area contributed by atoms with Gasteiger partial charge in [0.2, 0.25) is 0 Å². The largest absolute Gasteiger partial charge is 0.489 e. The van der Waals surface area contributed by atoms with E-state index in [9.17, 15) is 10.1 Å². The monoisotopic (exact) mass is 720 g/mol. The van der Waals surface area contributed by atoms with Crippen molar-refractivity contribution < 1.29 is 28.2 Å². The van der Waals surface area contributed by atoms with Gasteiger partial charge < -0.3 is 33.2 Å². The van der Waals surface area contributed by atoms with Crippen molar-refractivity contribution in [1.29, 1.82) is 5.26 Å². The zero-order valence-electron chi connectivity index (χ0n) is 30.8. The maximum absolute atomic E-state index is 13.6. The molecule has 10 nitrogen and oxygen atoms in total. The van der Waals surface area contributed by atoms with E-state index in [1.54, 1.807) is 11.3 Å². The Morgan fingerprint density at radius 2 is 1.92 bits per heavy atom. The Morgan fingerprint density at radius 1 is 1.12 bits per heavy atom. The van der Waals surface area contributed by atoms with Gasteiger partial charge in [-0.05, 0) is 82.8 Å². The molecule has 1 aromatic carbocycles. The standard InChI is InChI=1S/C38H52N4O6SSi/c1-37(2,3)48-36(43)42-22-26(19-27(42)23-46-33-11-9-10-15-45-33)41-14-16-44-32-18-25(21-39)17-30(34(32)41)29-12-13-40-31-20-28(49-35(29)31)24-47-50(7,8)38(4,5)6/h12-13,17-18,20,26-27,33H,9-11,14-16,19,22-24H2,1-8H3/t26-,27+,33?/m0/s1. The van der Waals surface area contributed by atoms with Gasteiger partial charge in [-0.15, -0.1) is 11.3 Å². The Bertz CT molecular complexity index is 1740. The van der Waals surface area contributed by atoms with Crippen molar-refractivity contribution in [2.24, 2.45) is 0 Å². The number of ether oxygens (including phenoxy) is 4. The fourth-order valence-corrected chi connectivity index (χ4v) is 8.74. The van der Waals surface area contributed by atoms with Crippen LogP contribution in [0.3, 0.4) is 0 Å². The molecule has 2 fully saturated rings. The number of benzene rings is 1. The van der Waals surface area contributed by atoms with Crippen molar-refractivity contribution in [2.45, 2.75) is 116 Å². The first-order valence-corrected chi connectivity index (χ1v) is 21.6. The Kier molecular flexibility index (Phi) is 10.6. The van der Waals surface area contributed by atoms with Gasteiger partial charge in [-0.2, -0.15) is 5.26 Å². The van der Waals surface area contributed by atoms with Crippen LogP contribution in [0.25, 0.3) is 21.3 Å². The average Bonchev–Trinajstić information content (AvgIpc) is 3.69. The molecule has 2 aromatic heterocycles. The van der Waals surface area contributed by atoms with Gasteiger partial charge in [0, 0.05) is 47.5 Å². The molecule has 270 valence electrons. The second-order valence-corrected chi connectivity index (χ2v) is 22.1. The number of hydrogen-bond acceptors (Lipinski definition) is 10. The molecule has 0 aliphatic carbocycles. The summed E-state index contributed by atoms with van der Waals surface area (Å²) >= 11 is 1.69. The molecule has 12 heteroatoms. The van der Waals surface area contributed by atoms with Gasteiger partial charge in [0.15, 0.2) is 14.6 Å². The van der Waals surface area contributed by atoms with Crippen LogP contribution in [-0.4, -0.2) is 81.2 Å². The van der Waals surface area contributed by atoms with E-state index < -0.39 is 13.9 Å². The summed E-state index contributed by atoms with van der Waals surface area (Å²) in [4.78, 5) is 23.7. The maximum atomic E-state index is 13.6. The predicted molar refractivity (Wildman–Crippen MR) is 199 cm³/mol. The number of carbonyl (C=O) groups excluding carboxylic acids is 1.